The number of halogens is 1. The van der Waals surface area contributed by atoms with E-state index in [2.05, 4.69) is 15.9 Å². The smallest absolute Gasteiger partial charge is 0.286 e. The molecule has 0 radical (unpaired) electrons. The summed E-state index contributed by atoms with van der Waals surface area (Å²) >= 11 is 5.01. The van der Waals surface area contributed by atoms with E-state index in [1.807, 2.05) is 19.9 Å². The molecule has 0 aromatic heterocycles. The number of likely N-dealkylation sites (tertiary alicyclic amines) is 1. The maximum atomic E-state index is 13.5. The zero-order chi connectivity index (χ0) is 24.0. The summed E-state index contributed by atoms with van der Waals surface area (Å²) in [6.45, 7) is 5.01. The SMILES string of the molecule is CCOC(SCC)[C@@H]1CCCN1C(=O)c1cc(OC)c(Oc2cccc(Br)c2)cc1[N+](=O)[O-]. The summed E-state index contributed by atoms with van der Waals surface area (Å²) in [5.41, 5.74) is -0.527. The maximum absolute atomic E-state index is 13.5. The summed E-state index contributed by atoms with van der Waals surface area (Å²) < 4.78 is 18.0. The van der Waals surface area contributed by atoms with Gasteiger partial charge in [0.25, 0.3) is 11.6 Å². The molecule has 0 aliphatic carbocycles. The Morgan fingerprint density at radius 2 is 2.09 bits per heavy atom. The van der Waals surface area contributed by atoms with E-state index in [9.17, 15) is 14.9 Å². The van der Waals surface area contributed by atoms with Gasteiger partial charge in [0.1, 0.15) is 16.7 Å². The number of benzene rings is 2. The minimum Gasteiger partial charge on any atom is -0.493 e. The molecule has 1 aliphatic heterocycles. The van der Waals surface area contributed by atoms with Gasteiger partial charge in [-0.05, 0) is 43.7 Å². The van der Waals surface area contributed by atoms with Crippen LogP contribution >= 0.6 is 27.7 Å². The lowest BCUT2D eigenvalue weighted by Gasteiger charge is -2.31. The number of methoxy groups -OCH3 is 1. The Morgan fingerprint density at radius 1 is 1.30 bits per heavy atom. The molecule has 2 aromatic rings. The van der Waals surface area contributed by atoms with E-state index in [4.69, 9.17) is 14.2 Å². The van der Waals surface area contributed by atoms with Crippen molar-refractivity contribution in [3.63, 3.8) is 0 Å². The van der Waals surface area contributed by atoms with Crippen LogP contribution in [0.4, 0.5) is 5.69 Å². The van der Waals surface area contributed by atoms with Crippen LogP contribution in [-0.4, -0.2) is 53.2 Å². The molecule has 0 spiro atoms. The summed E-state index contributed by atoms with van der Waals surface area (Å²) in [7, 11) is 1.44. The van der Waals surface area contributed by atoms with E-state index in [0.717, 1.165) is 23.1 Å². The number of carbonyl (C=O) groups excluding carboxylic acids is 1. The van der Waals surface area contributed by atoms with Crippen LogP contribution in [0.15, 0.2) is 40.9 Å². The predicted octanol–water partition coefficient (Wildman–Crippen LogP) is 5.88. The van der Waals surface area contributed by atoms with Crippen LogP contribution in [0.2, 0.25) is 0 Å². The van der Waals surface area contributed by atoms with Crippen molar-refractivity contribution >= 4 is 39.3 Å². The number of thioether (sulfide) groups is 1. The molecule has 1 amide bonds. The first-order chi connectivity index (χ1) is 15.9. The monoisotopic (exact) mass is 538 g/mol. The van der Waals surface area contributed by atoms with Gasteiger partial charge in [0, 0.05) is 23.7 Å². The van der Waals surface area contributed by atoms with Gasteiger partial charge >= 0.3 is 0 Å². The number of hydrogen-bond acceptors (Lipinski definition) is 7. The van der Waals surface area contributed by atoms with E-state index in [-0.39, 0.29) is 34.2 Å². The number of amides is 1. The zero-order valence-electron chi connectivity index (χ0n) is 18.8. The van der Waals surface area contributed by atoms with Crippen molar-refractivity contribution in [3.8, 4) is 17.2 Å². The second-order valence-electron chi connectivity index (χ2n) is 7.32. The Morgan fingerprint density at radius 3 is 2.73 bits per heavy atom. The second kappa shape index (κ2) is 11.7. The molecular weight excluding hydrogens is 512 g/mol. The van der Waals surface area contributed by atoms with Crippen LogP contribution in [0.1, 0.15) is 37.0 Å². The van der Waals surface area contributed by atoms with Gasteiger partial charge in [-0.3, -0.25) is 14.9 Å². The fourth-order valence-electron chi connectivity index (χ4n) is 3.85. The highest BCUT2D eigenvalue weighted by molar-refractivity contribution is 9.10. The van der Waals surface area contributed by atoms with Gasteiger partial charge in [-0.2, -0.15) is 0 Å². The van der Waals surface area contributed by atoms with Crippen LogP contribution in [0.25, 0.3) is 0 Å². The second-order valence-corrected chi connectivity index (χ2v) is 9.61. The summed E-state index contributed by atoms with van der Waals surface area (Å²) in [6, 6.07) is 9.58. The third kappa shape index (κ3) is 5.99. The minimum absolute atomic E-state index is 0.0258. The van der Waals surface area contributed by atoms with Crippen LogP contribution in [0.3, 0.4) is 0 Å². The molecule has 0 saturated carbocycles. The van der Waals surface area contributed by atoms with Crippen LogP contribution in [-0.2, 0) is 4.74 Å². The number of nitro groups is 1. The van der Waals surface area contributed by atoms with E-state index in [1.54, 1.807) is 34.9 Å². The molecule has 0 bridgehead atoms. The number of rotatable bonds is 10. The van der Waals surface area contributed by atoms with Gasteiger partial charge in [-0.25, -0.2) is 0 Å². The van der Waals surface area contributed by atoms with E-state index >= 15 is 0 Å². The fraction of sp³-hybridized carbons (Fsp3) is 0.435. The molecule has 3 rings (SSSR count). The third-order valence-corrected chi connectivity index (χ3v) is 6.87. The molecule has 2 aromatic carbocycles. The molecule has 0 N–H and O–H groups in total. The normalized spacial score (nSPS) is 16.5. The minimum atomic E-state index is -0.563. The Bertz CT molecular complexity index is 999. The highest BCUT2D eigenvalue weighted by Crippen LogP contribution is 2.39. The van der Waals surface area contributed by atoms with Gasteiger partial charge in [0.15, 0.2) is 11.5 Å². The zero-order valence-corrected chi connectivity index (χ0v) is 21.2. The van der Waals surface area contributed by atoms with E-state index in [1.165, 1.54) is 19.2 Å². The lowest BCUT2D eigenvalue weighted by atomic mass is 10.1. The Hall–Kier alpha value is -2.30. The van der Waals surface area contributed by atoms with Crippen molar-refractivity contribution in [2.45, 2.75) is 38.2 Å². The average molecular weight is 539 g/mol. The largest absolute Gasteiger partial charge is 0.493 e. The number of ether oxygens (including phenoxy) is 3. The Labute approximate surface area is 205 Å². The topological polar surface area (TPSA) is 91.1 Å². The Balaban J connectivity index is 1.97. The first-order valence-corrected chi connectivity index (χ1v) is 12.6. The van der Waals surface area contributed by atoms with Crippen molar-refractivity contribution in [3.05, 3.63) is 56.5 Å². The van der Waals surface area contributed by atoms with Crippen LogP contribution in [0.5, 0.6) is 17.2 Å². The average Bonchev–Trinajstić information content (AvgIpc) is 3.28. The highest BCUT2D eigenvalue weighted by Gasteiger charge is 2.38. The van der Waals surface area contributed by atoms with Crippen LogP contribution in [0, 0.1) is 10.1 Å². The molecule has 2 atom stereocenters. The Kier molecular flexibility index (Phi) is 8.99. The van der Waals surface area contributed by atoms with Gasteiger partial charge in [0.05, 0.1) is 24.1 Å². The number of nitrogens with zero attached hydrogens (tertiary/aromatic N) is 2. The fourth-order valence-corrected chi connectivity index (χ4v) is 5.29. The van der Waals surface area contributed by atoms with Crippen molar-refractivity contribution in [2.24, 2.45) is 0 Å². The first kappa shape index (κ1) is 25.3. The van der Waals surface area contributed by atoms with Crippen LogP contribution < -0.4 is 9.47 Å². The molecule has 1 heterocycles. The lowest BCUT2D eigenvalue weighted by Crippen LogP contribution is -2.43. The van der Waals surface area contributed by atoms with Crippen molar-refractivity contribution in [2.75, 3.05) is 26.0 Å². The highest BCUT2D eigenvalue weighted by atomic mass is 79.9. The molecule has 1 fully saturated rings. The molecule has 1 unspecified atom stereocenters. The van der Waals surface area contributed by atoms with Gasteiger partial charge in [-0.1, -0.05) is 28.9 Å². The number of nitro benzene ring substituents is 1. The van der Waals surface area contributed by atoms with Crippen molar-refractivity contribution in [1.29, 1.82) is 0 Å². The number of carbonyl (C=O) groups is 1. The van der Waals surface area contributed by atoms with E-state index < -0.39 is 10.8 Å². The number of hydrogen-bond donors (Lipinski definition) is 0. The van der Waals surface area contributed by atoms with Gasteiger partial charge < -0.3 is 19.1 Å². The van der Waals surface area contributed by atoms with Crippen molar-refractivity contribution in [1.82, 2.24) is 4.90 Å². The van der Waals surface area contributed by atoms with E-state index in [0.29, 0.717) is 18.9 Å². The van der Waals surface area contributed by atoms with Crippen molar-refractivity contribution < 1.29 is 23.9 Å². The maximum Gasteiger partial charge on any atom is 0.286 e. The summed E-state index contributed by atoms with van der Waals surface area (Å²) in [4.78, 5) is 26.6. The molecule has 33 heavy (non-hydrogen) atoms. The summed E-state index contributed by atoms with van der Waals surface area (Å²) in [6.07, 6.45) is 1.61. The molecule has 1 saturated heterocycles. The predicted molar refractivity (Wildman–Crippen MR) is 131 cm³/mol. The standard InChI is InChI=1S/C23H27BrN2O6S/c1-4-31-23(33-5-2)18-10-7-11-25(18)22(27)17-13-20(30-3)21(14-19(17)26(28)29)32-16-9-6-8-15(24)12-16/h6,8-9,12-14,18,23H,4-5,7,10-11H2,1-3H3/t18-,23?/m0/s1. The molecule has 178 valence electrons. The molecule has 1 aliphatic rings. The molecular formula is C23H27BrN2O6S. The molecule has 8 nitrogen and oxygen atoms in total. The van der Waals surface area contributed by atoms with Gasteiger partial charge in [-0.15, -0.1) is 11.8 Å². The molecule has 10 heteroatoms. The third-order valence-electron chi connectivity index (χ3n) is 5.27. The van der Waals surface area contributed by atoms with Gasteiger partial charge in [0.2, 0.25) is 0 Å². The summed E-state index contributed by atoms with van der Waals surface area (Å²) in [5, 5.41) is 11.9. The first-order valence-electron chi connectivity index (χ1n) is 10.7. The quantitative estimate of drug-likeness (QED) is 0.212. The summed E-state index contributed by atoms with van der Waals surface area (Å²) in [5.74, 6) is 1.32. The lowest BCUT2D eigenvalue weighted by molar-refractivity contribution is -0.385.